The fraction of sp³-hybridized carbons (Fsp3) is 0.304. The molecule has 3 fully saturated rings. The normalized spacial score (nSPS) is 34.0. The molecule has 0 amide bonds. The van der Waals surface area contributed by atoms with Gasteiger partial charge in [-0.05, 0) is 23.8 Å². The van der Waals surface area contributed by atoms with E-state index < -0.39 is 12.3 Å². The fourth-order valence-electron chi connectivity index (χ4n) is 5.38. The summed E-state index contributed by atoms with van der Waals surface area (Å²) in [6.45, 7) is 0.341. The summed E-state index contributed by atoms with van der Waals surface area (Å²) in [6.07, 6.45) is 2.95. The number of hydrogen-bond donors (Lipinski definition) is 0. The first kappa shape index (κ1) is 17.4. The molecule has 0 aliphatic carbocycles. The zero-order chi connectivity index (χ0) is 19.7. The molecule has 5 unspecified atom stereocenters. The van der Waals surface area contributed by atoms with E-state index in [1.807, 2.05) is 60.7 Å². The van der Waals surface area contributed by atoms with Gasteiger partial charge in [-0.2, -0.15) is 0 Å². The van der Waals surface area contributed by atoms with E-state index in [1.165, 1.54) is 0 Å². The highest BCUT2D eigenvalue weighted by molar-refractivity contribution is 6.30. The minimum absolute atomic E-state index is 0.000972. The van der Waals surface area contributed by atoms with Crippen LogP contribution in [0.4, 0.5) is 5.69 Å². The van der Waals surface area contributed by atoms with Crippen LogP contribution in [0.5, 0.6) is 0 Å². The lowest BCUT2D eigenvalue weighted by atomic mass is 9.77. The first-order valence-corrected chi connectivity index (χ1v) is 10.2. The molecule has 5 nitrogen and oxygen atoms in total. The number of carbonyl (C=O) groups is 2. The number of halogens is 1. The van der Waals surface area contributed by atoms with E-state index in [0.717, 1.165) is 11.3 Å². The van der Waals surface area contributed by atoms with Gasteiger partial charge in [0.2, 0.25) is 6.29 Å². The topological polar surface area (TPSA) is 55.8 Å². The van der Waals surface area contributed by atoms with Crippen molar-refractivity contribution in [2.45, 2.75) is 24.5 Å². The molecule has 4 aliphatic rings. The highest BCUT2D eigenvalue weighted by Crippen LogP contribution is 2.51. The van der Waals surface area contributed by atoms with Crippen LogP contribution in [0, 0.1) is 11.8 Å². The Morgan fingerprint density at radius 1 is 1.14 bits per heavy atom. The molecule has 0 spiro atoms. The molecule has 0 aromatic heterocycles. The van der Waals surface area contributed by atoms with Crippen molar-refractivity contribution in [2.24, 2.45) is 11.8 Å². The van der Waals surface area contributed by atoms with Gasteiger partial charge in [0.1, 0.15) is 0 Å². The lowest BCUT2D eigenvalue weighted by Gasteiger charge is -2.35. The Kier molecular flexibility index (Phi) is 3.76. The van der Waals surface area contributed by atoms with Crippen LogP contribution < -0.4 is 4.90 Å². The molecule has 4 aliphatic heterocycles. The van der Waals surface area contributed by atoms with Gasteiger partial charge in [0.05, 0.1) is 30.7 Å². The van der Waals surface area contributed by atoms with Crippen molar-refractivity contribution in [2.75, 3.05) is 11.5 Å². The van der Waals surface area contributed by atoms with E-state index in [0.29, 0.717) is 17.2 Å². The van der Waals surface area contributed by atoms with Crippen molar-refractivity contribution >= 4 is 34.9 Å². The van der Waals surface area contributed by atoms with Crippen LogP contribution in [0.2, 0.25) is 5.02 Å². The van der Waals surface area contributed by atoms with E-state index in [4.69, 9.17) is 21.1 Å². The second kappa shape index (κ2) is 6.26. The summed E-state index contributed by atoms with van der Waals surface area (Å²) in [5.74, 6) is -0.658. The summed E-state index contributed by atoms with van der Waals surface area (Å²) < 4.78 is 11.4. The lowest BCUT2D eigenvalue weighted by molar-refractivity contribution is -0.163. The average Bonchev–Trinajstić information content (AvgIpc) is 3.33. The molecule has 2 bridgehead atoms. The molecule has 4 heterocycles. The second-order valence-corrected chi connectivity index (χ2v) is 8.42. The number of benzene rings is 2. The van der Waals surface area contributed by atoms with Crippen molar-refractivity contribution < 1.29 is 19.1 Å². The predicted molar refractivity (Wildman–Crippen MR) is 108 cm³/mol. The number of fused-ring (bicyclic) bond motifs is 8. The van der Waals surface area contributed by atoms with Crippen molar-refractivity contribution in [3.63, 3.8) is 0 Å². The molecule has 6 rings (SSSR count). The Balaban J connectivity index is 1.53. The number of hydrogen-bond acceptors (Lipinski definition) is 5. The van der Waals surface area contributed by atoms with Gasteiger partial charge in [-0.1, -0.05) is 54.1 Å². The van der Waals surface area contributed by atoms with Crippen LogP contribution in [-0.2, 0) is 14.3 Å². The first-order chi connectivity index (χ1) is 14.1. The monoisotopic (exact) mass is 407 g/mol. The van der Waals surface area contributed by atoms with Crippen LogP contribution in [0.15, 0.2) is 54.6 Å². The smallest absolute Gasteiger partial charge is 0.218 e. The number of ether oxygens (including phenoxy) is 2. The molecule has 0 saturated carbocycles. The number of carbonyl (C=O) groups excluding carboxylic acids is 2. The maximum Gasteiger partial charge on any atom is 0.218 e. The first-order valence-electron chi connectivity index (χ1n) is 9.79. The minimum atomic E-state index is -0.811. The summed E-state index contributed by atoms with van der Waals surface area (Å²) in [5.41, 5.74) is 2.51. The molecule has 6 heteroatoms. The van der Waals surface area contributed by atoms with E-state index in [9.17, 15) is 9.59 Å². The zero-order valence-electron chi connectivity index (χ0n) is 15.4. The number of rotatable bonds is 2. The number of Topliss-reactive ketones (excluding diaryl/α,β-unsaturated/α-hetero) is 2. The van der Waals surface area contributed by atoms with Gasteiger partial charge in [0.15, 0.2) is 11.6 Å². The molecule has 3 saturated heterocycles. The number of nitrogens with zero attached hydrogens (tertiary/aromatic N) is 1. The maximum atomic E-state index is 13.7. The summed E-state index contributed by atoms with van der Waals surface area (Å²) in [6, 6.07) is 14.2. The Morgan fingerprint density at radius 3 is 2.79 bits per heavy atom. The lowest BCUT2D eigenvalue weighted by Crippen LogP contribution is -2.48. The molecule has 146 valence electrons. The van der Waals surface area contributed by atoms with Crippen molar-refractivity contribution in [3.05, 3.63) is 70.8 Å². The SMILES string of the molecule is O=C1C2OCC(O2)C2C1C1C=Cc3cc(Cl)ccc3N1[C@@H]2C(=O)c1ccccc1. The third kappa shape index (κ3) is 2.41. The zero-order valence-corrected chi connectivity index (χ0v) is 16.2. The molecule has 6 atom stereocenters. The van der Waals surface area contributed by atoms with E-state index in [2.05, 4.69) is 4.90 Å². The van der Waals surface area contributed by atoms with E-state index in [-0.39, 0.29) is 35.5 Å². The highest BCUT2D eigenvalue weighted by atomic mass is 35.5. The Labute approximate surface area is 172 Å². The van der Waals surface area contributed by atoms with Crippen LogP contribution in [0.3, 0.4) is 0 Å². The fourth-order valence-corrected chi connectivity index (χ4v) is 5.56. The van der Waals surface area contributed by atoms with Crippen LogP contribution in [-0.4, -0.2) is 42.7 Å². The van der Waals surface area contributed by atoms with E-state index >= 15 is 0 Å². The highest BCUT2D eigenvalue weighted by Gasteiger charge is 2.63. The Bertz CT molecular complexity index is 1050. The quantitative estimate of drug-likeness (QED) is 0.714. The van der Waals surface area contributed by atoms with Gasteiger partial charge in [-0.25, -0.2) is 0 Å². The van der Waals surface area contributed by atoms with E-state index in [1.54, 1.807) is 0 Å². The van der Waals surface area contributed by atoms with Gasteiger partial charge in [0.25, 0.3) is 0 Å². The van der Waals surface area contributed by atoms with Crippen molar-refractivity contribution in [3.8, 4) is 0 Å². The molecular formula is C23H18ClNO4. The summed E-state index contributed by atoms with van der Waals surface area (Å²) in [5, 5.41) is 0.640. The molecule has 0 N–H and O–H groups in total. The van der Waals surface area contributed by atoms with Crippen molar-refractivity contribution in [1.29, 1.82) is 0 Å². The summed E-state index contributed by atoms with van der Waals surface area (Å²) in [7, 11) is 0. The molecular weight excluding hydrogens is 390 g/mol. The third-order valence-corrected chi connectivity index (χ3v) is 6.77. The number of anilines is 1. The Hall–Kier alpha value is -2.47. The van der Waals surface area contributed by atoms with Gasteiger partial charge in [-0.15, -0.1) is 0 Å². The summed E-state index contributed by atoms with van der Waals surface area (Å²) >= 11 is 6.20. The third-order valence-electron chi connectivity index (χ3n) is 6.54. The average molecular weight is 408 g/mol. The standard InChI is InChI=1S/C23H18ClNO4/c24-14-7-9-15-13(10-14)6-8-16-18-19(17-11-28-23(29-17)22(18)27)20(25(15)16)21(26)12-4-2-1-3-5-12/h1-10,16-20,23H,11H2/t16?,17?,18?,19?,20-,23?/m0/s1. The maximum absolute atomic E-state index is 13.7. The van der Waals surface area contributed by atoms with Crippen molar-refractivity contribution in [1.82, 2.24) is 0 Å². The molecule has 0 radical (unpaired) electrons. The van der Waals surface area contributed by atoms with Gasteiger partial charge < -0.3 is 14.4 Å². The molecule has 29 heavy (non-hydrogen) atoms. The summed E-state index contributed by atoms with van der Waals surface area (Å²) in [4.78, 5) is 29.0. The largest absolute Gasteiger partial charge is 0.353 e. The van der Waals surface area contributed by atoms with Gasteiger partial charge >= 0.3 is 0 Å². The van der Waals surface area contributed by atoms with Crippen LogP contribution in [0.1, 0.15) is 15.9 Å². The molecule has 2 aromatic carbocycles. The second-order valence-electron chi connectivity index (χ2n) is 7.98. The van der Waals surface area contributed by atoms with Gasteiger partial charge in [0, 0.05) is 22.2 Å². The van der Waals surface area contributed by atoms with Crippen LogP contribution in [0.25, 0.3) is 6.08 Å². The van der Waals surface area contributed by atoms with Crippen LogP contribution >= 0.6 is 11.6 Å². The minimum Gasteiger partial charge on any atom is -0.353 e. The predicted octanol–water partition coefficient (Wildman–Crippen LogP) is 3.36. The number of ketones is 2. The van der Waals surface area contributed by atoms with Gasteiger partial charge in [-0.3, -0.25) is 9.59 Å². The Morgan fingerprint density at radius 2 is 1.97 bits per heavy atom. The molecule has 2 aromatic rings.